The maximum atomic E-state index is 7.40. The van der Waals surface area contributed by atoms with Gasteiger partial charge in [-0.05, 0) is 35.9 Å². The third-order valence-electron chi connectivity index (χ3n) is 8.10. The fraction of sp³-hybridized carbons (Fsp3) is 0.917. The van der Waals surface area contributed by atoms with Crippen LogP contribution in [0.2, 0.25) is 16.6 Å². The van der Waals surface area contributed by atoms with Gasteiger partial charge in [-0.25, -0.2) is 0 Å². The van der Waals surface area contributed by atoms with Gasteiger partial charge in [0.05, 0.1) is 11.7 Å². The first-order valence-electron chi connectivity index (χ1n) is 11.8. The number of rotatable bonds is 8. The molecule has 1 spiro atoms. The van der Waals surface area contributed by atoms with Crippen LogP contribution in [0.25, 0.3) is 0 Å². The van der Waals surface area contributed by atoms with Gasteiger partial charge in [0.2, 0.25) is 8.32 Å². The van der Waals surface area contributed by atoms with Gasteiger partial charge in [0.25, 0.3) is 0 Å². The molecule has 2 fully saturated rings. The molecule has 156 valence electrons. The van der Waals surface area contributed by atoms with E-state index in [4.69, 9.17) is 9.16 Å². The average Bonchev–Trinajstić information content (AvgIpc) is 2.84. The molecule has 3 aliphatic rings. The largest absolute Gasteiger partial charge is 0.410 e. The highest BCUT2D eigenvalue weighted by Gasteiger charge is 2.62. The molecule has 3 heteroatoms. The summed E-state index contributed by atoms with van der Waals surface area (Å²) < 4.78 is 14.5. The van der Waals surface area contributed by atoms with Crippen LogP contribution >= 0.6 is 0 Å². The zero-order valence-electron chi connectivity index (χ0n) is 19.0. The van der Waals surface area contributed by atoms with Crippen LogP contribution in [0.5, 0.6) is 0 Å². The molecule has 0 N–H and O–H groups in total. The van der Waals surface area contributed by atoms with E-state index in [2.05, 4.69) is 60.6 Å². The van der Waals surface area contributed by atoms with E-state index in [0.717, 1.165) is 12.8 Å². The molecule has 1 unspecified atom stereocenters. The summed E-state index contributed by atoms with van der Waals surface area (Å²) >= 11 is 0. The van der Waals surface area contributed by atoms with Gasteiger partial charge >= 0.3 is 0 Å². The van der Waals surface area contributed by atoms with Gasteiger partial charge in [0.15, 0.2) is 0 Å². The molecule has 0 aromatic carbocycles. The quantitative estimate of drug-likeness (QED) is 0.316. The van der Waals surface area contributed by atoms with Gasteiger partial charge in [0.1, 0.15) is 5.60 Å². The topological polar surface area (TPSA) is 18.5 Å². The van der Waals surface area contributed by atoms with Crippen molar-refractivity contribution in [1.82, 2.24) is 0 Å². The fourth-order valence-corrected chi connectivity index (χ4v) is 12.4. The van der Waals surface area contributed by atoms with Gasteiger partial charge < -0.3 is 9.16 Å². The summed E-state index contributed by atoms with van der Waals surface area (Å²) in [6.45, 7) is 16.7. The molecule has 27 heavy (non-hydrogen) atoms. The van der Waals surface area contributed by atoms with Crippen molar-refractivity contribution in [2.24, 2.45) is 5.92 Å². The van der Waals surface area contributed by atoms with E-state index >= 15 is 0 Å². The Morgan fingerprint density at radius 2 is 1.74 bits per heavy atom. The average molecular weight is 393 g/mol. The maximum absolute atomic E-state index is 7.40. The van der Waals surface area contributed by atoms with Gasteiger partial charge in [-0.1, -0.05) is 86.3 Å². The Kier molecular flexibility index (Phi) is 6.36. The van der Waals surface area contributed by atoms with E-state index in [1.807, 2.05) is 0 Å². The Hall–Kier alpha value is -0.123. The molecule has 1 saturated heterocycles. The van der Waals surface area contributed by atoms with Crippen molar-refractivity contribution in [3.63, 3.8) is 0 Å². The van der Waals surface area contributed by atoms with E-state index in [1.165, 1.54) is 38.5 Å². The van der Waals surface area contributed by atoms with Crippen molar-refractivity contribution >= 4 is 8.32 Å². The van der Waals surface area contributed by atoms with Gasteiger partial charge in [0, 0.05) is 12.3 Å². The molecular weight excluding hydrogens is 348 g/mol. The number of ether oxygens (including phenoxy) is 1. The van der Waals surface area contributed by atoms with Crippen molar-refractivity contribution in [1.29, 1.82) is 0 Å². The predicted molar refractivity (Wildman–Crippen MR) is 118 cm³/mol. The first-order valence-corrected chi connectivity index (χ1v) is 13.9. The predicted octanol–water partition coefficient (Wildman–Crippen LogP) is 7.40. The molecule has 2 heterocycles. The van der Waals surface area contributed by atoms with E-state index in [0.29, 0.717) is 22.5 Å². The van der Waals surface area contributed by atoms with Crippen LogP contribution in [0.4, 0.5) is 0 Å². The summed E-state index contributed by atoms with van der Waals surface area (Å²) in [7, 11) is -1.91. The summed E-state index contributed by atoms with van der Waals surface area (Å²) in [4.78, 5) is 0. The molecule has 0 aromatic heterocycles. The van der Waals surface area contributed by atoms with Crippen LogP contribution in [-0.4, -0.2) is 25.6 Å². The van der Waals surface area contributed by atoms with E-state index in [9.17, 15) is 0 Å². The Balaban J connectivity index is 1.97. The fourth-order valence-electron chi connectivity index (χ4n) is 6.83. The highest BCUT2D eigenvalue weighted by Crippen LogP contribution is 2.57. The Labute approximate surface area is 169 Å². The zero-order valence-corrected chi connectivity index (χ0v) is 20.0. The molecule has 0 amide bonds. The van der Waals surface area contributed by atoms with E-state index in [1.54, 1.807) is 0 Å². The first kappa shape index (κ1) is 21.6. The van der Waals surface area contributed by atoms with Crippen LogP contribution in [0.1, 0.15) is 99.8 Å². The summed E-state index contributed by atoms with van der Waals surface area (Å²) in [5, 5.41) is 0. The summed E-state index contributed by atoms with van der Waals surface area (Å²) in [5.41, 5.74) is 1.79. The number of hydrogen-bond acceptors (Lipinski definition) is 2. The molecule has 2 bridgehead atoms. The number of unbranched alkanes of at least 4 members (excludes halogenated alkanes) is 1. The summed E-state index contributed by atoms with van der Waals surface area (Å²) in [6.07, 6.45) is 15.1. The molecule has 2 nitrogen and oxygen atoms in total. The second-order valence-corrected chi connectivity index (χ2v) is 16.0. The maximum Gasteiger partial charge on any atom is 0.200 e. The van der Waals surface area contributed by atoms with Crippen LogP contribution in [0, 0.1) is 5.92 Å². The van der Waals surface area contributed by atoms with Crippen molar-refractivity contribution in [2.45, 2.75) is 134 Å². The molecule has 2 aliphatic heterocycles. The Bertz CT molecular complexity index is 519. The molecule has 1 saturated carbocycles. The second-order valence-electron chi connectivity index (χ2n) is 10.6. The lowest BCUT2D eigenvalue weighted by Crippen LogP contribution is -2.54. The second kappa shape index (κ2) is 7.95. The van der Waals surface area contributed by atoms with Crippen molar-refractivity contribution in [2.75, 3.05) is 0 Å². The van der Waals surface area contributed by atoms with Gasteiger partial charge in [-0.2, -0.15) is 0 Å². The highest BCUT2D eigenvalue weighted by molar-refractivity contribution is 6.77. The van der Waals surface area contributed by atoms with Crippen molar-refractivity contribution in [3.8, 4) is 0 Å². The Morgan fingerprint density at radius 3 is 2.33 bits per heavy atom. The highest BCUT2D eigenvalue weighted by atomic mass is 28.4. The minimum absolute atomic E-state index is 0.0660. The van der Waals surface area contributed by atoms with E-state index < -0.39 is 8.32 Å². The third kappa shape index (κ3) is 3.50. The molecular formula is C24H44O2Si. The van der Waals surface area contributed by atoms with E-state index in [-0.39, 0.29) is 17.3 Å². The molecule has 1 aliphatic carbocycles. The smallest absolute Gasteiger partial charge is 0.200 e. The van der Waals surface area contributed by atoms with Crippen LogP contribution in [0.15, 0.2) is 12.2 Å². The minimum atomic E-state index is -1.91. The summed E-state index contributed by atoms with van der Waals surface area (Å²) in [6, 6.07) is 0. The standard InChI is InChI=1S/C24H44O2Si/c1-8-9-14-23-16-13-21-12-10-11-15-24(21,26-23)17-22(23)25-27(18(2)3,19(4)5)20(6)7/h13,16,18-22H,8-12,14-15,17H2,1-7H3/t21?,22-,23+,24+/m1/s1. The molecule has 3 rings (SSSR count). The number of hydrogen-bond donors (Lipinski definition) is 0. The lowest BCUT2D eigenvalue weighted by Gasteiger charge is -2.47. The monoisotopic (exact) mass is 392 g/mol. The lowest BCUT2D eigenvalue weighted by molar-refractivity contribution is -0.141. The zero-order chi connectivity index (χ0) is 19.9. The summed E-state index contributed by atoms with van der Waals surface area (Å²) in [5.74, 6) is 0.614. The number of fused-ring (bicyclic) bond motifs is 1. The normalized spacial score (nSPS) is 36.1. The van der Waals surface area contributed by atoms with Crippen molar-refractivity contribution in [3.05, 3.63) is 12.2 Å². The first-order chi connectivity index (χ1) is 12.7. The molecule has 0 aromatic rings. The van der Waals surface area contributed by atoms with Crippen LogP contribution < -0.4 is 0 Å². The minimum Gasteiger partial charge on any atom is -0.410 e. The lowest BCUT2D eigenvalue weighted by atomic mass is 9.74. The van der Waals surface area contributed by atoms with Gasteiger partial charge in [-0.15, -0.1) is 0 Å². The molecule has 0 radical (unpaired) electrons. The SMILES string of the molecule is CCCC[C@]12C=CC3CCCC[C@@]3(C[C@H]1O[Si](C(C)C)(C(C)C)C(C)C)O2. The Morgan fingerprint density at radius 1 is 1.07 bits per heavy atom. The molecule has 4 atom stereocenters. The third-order valence-corrected chi connectivity index (χ3v) is 14.2. The van der Waals surface area contributed by atoms with Crippen LogP contribution in [0.3, 0.4) is 0 Å². The van der Waals surface area contributed by atoms with Crippen molar-refractivity contribution < 1.29 is 9.16 Å². The van der Waals surface area contributed by atoms with Crippen LogP contribution in [-0.2, 0) is 9.16 Å². The van der Waals surface area contributed by atoms with Gasteiger partial charge in [-0.3, -0.25) is 0 Å².